The molecule has 3 aliphatic rings. The first-order valence-corrected chi connectivity index (χ1v) is 9.32. The molecule has 0 aromatic carbocycles. The molecule has 20 heavy (non-hydrogen) atoms. The molecule has 0 bridgehead atoms. The van der Waals surface area contributed by atoms with Crippen molar-refractivity contribution in [3.63, 3.8) is 0 Å². The first kappa shape index (κ1) is 14.6. The van der Waals surface area contributed by atoms with Crippen LogP contribution in [-0.2, 0) is 0 Å². The summed E-state index contributed by atoms with van der Waals surface area (Å²) in [7, 11) is 0. The fourth-order valence-corrected chi connectivity index (χ4v) is 4.90. The normalized spacial score (nSPS) is 36.2. The van der Waals surface area contributed by atoms with Crippen molar-refractivity contribution in [3.8, 4) is 0 Å². The lowest BCUT2D eigenvalue weighted by atomic mass is 9.77. The predicted octanol–water partition coefficient (Wildman–Crippen LogP) is 5.17. The summed E-state index contributed by atoms with van der Waals surface area (Å²) in [6.07, 6.45) is 22.3. The average Bonchev–Trinajstić information content (AvgIpc) is 3.05. The van der Waals surface area contributed by atoms with Crippen molar-refractivity contribution >= 4 is 0 Å². The van der Waals surface area contributed by atoms with E-state index in [4.69, 9.17) is 0 Å². The van der Waals surface area contributed by atoms with Crippen molar-refractivity contribution in [1.82, 2.24) is 4.90 Å². The van der Waals surface area contributed by atoms with Crippen LogP contribution in [0.5, 0.6) is 0 Å². The molecule has 1 aliphatic heterocycles. The first-order valence-electron chi connectivity index (χ1n) is 9.32. The molecule has 2 aliphatic carbocycles. The van der Waals surface area contributed by atoms with E-state index in [2.05, 4.69) is 17.1 Å². The van der Waals surface area contributed by atoms with E-state index in [1.54, 1.807) is 12.8 Å². The molecule has 0 amide bonds. The number of rotatable bonds is 2. The average molecular weight is 275 g/mol. The molecular formula is C19H33N. The highest BCUT2D eigenvalue weighted by Crippen LogP contribution is 2.40. The van der Waals surface area contributed by atoms with E-state index in [1.807, 2.05) is 0 Å². The summed E-state index contributed by atoms with van der Waals surface area (Å²) in [5, 5.41) is 0. The molecule has 1 heterocycles. The topological polar surface area (TPSA) is 3.24 Å². The lowest BCUT2D eigenvalue weighted by Crippen LogP contribution is -2.40. The van der Waals surface area contributed by atoms with Crippen LogP contribution in [0.3, 0.4) is 0 Å². The fraction of sp³-hybridized carbons (Fsp3) is 0.895. The van der Waals surface area contributed by atoms with Gasteiger partial charge in [-0.1, -0.05) is 37.8 Å². The van der Waals surface area contributed by atoms with Crippen LogP contribution < -0.4 is 0 Å². The Hall–Kier alpha value is -0.300. The molecule has 1 nitrogen and oxygen atoms in total. The Bertz CT molecular complexity index is 283. The molecule has 0 radical (unpaired) electrons. The van der Waals surface area contributed by atoms with Crippen molar-refractivity contribution in [2.45, 2.75) is 83.1 Å². The van der Waals surface area contributed by atoms with Crippen LogP contribution in [0.4, 0.5) is 0 Å². The smallest absolute Gasteiger partial charge is 0.00954 e. The van der Waals surface area contributed by atoms with E-state index in [0.717, 1.165) is 17.9 Å². The van der Waals surface area contributed by atoms with Gasteiger partial charge in [-0.15, -0.1) is 0 Å². The van der Waals surface area contributed by atoms with Crippen molar-refractivity contribution in [2.24, 2.45) is 11.8 Å². The molecule has 114 valence electrons. The van der Waals surface area contributed by atoms with Crippen LogP contribution >= 0.6 is 0 Å². The largest absolute Gasteiger partial charge is 0.300 e. The standard InChI is InChI=1S/C19H33N/c1-2-4-8-16-20(15-7-3-1)19-13-11-18(12-14-19)17-9-5-6-10-17/h1-2,17-19H,3-16H2/b2-1+. The Morgan fingerprint density at radius 1 is 0.600 bits per heavy atom. The maximum absolute atomic E-state index is 2.85. The molecule has 0 unspecified atom stereocenters. The van der Waals surface area contributed by atoms with E-state index in [9.17, 15) is 0 Å². The zero-order valence-electron chi connectivity index (χ0n) is 13.2. The number of nitrogens with zero attached hydrogens (tertiary/aromatic N) is 1. The minimum Gasteiger partial charge on any atom is -0.300 e. The Labute approximate surface area is 125 Å². The van der Waals surface area contributed by atoms with E-state index in [-0.39, 0.29) is 0 Å². The van der Waals surface area contributed by atoms with E-state index in [1.165, 1.54) is 77.3 Å². The van der Waals surface area contributed by atoms with Crippen LogP contribution in [0.15, 0.2) is 12.2 Å². The predicted molar refractivity (Wildman–Crippen MR) is 86.9 cm³/mol. The quantitative estimate of drug-likeness (QED) is 0.629. The first-order chi connectivity index (χ1) is 9.93. The molecular weight excluding hydrogens is 242 g/mol. The molecule has 0 atom stereocenters. The lowest BCUT2D eigenvalue weighted by molar-refractivity contribution is 0.116. The van der Waals surface area contributed by atoms with Gasteiger partial charge in [0.2, 0.25) is 0 Å². The van der Waals surface area contributed by atoms with Crippen LogP contribution in [0.2, 0.25) is 0 Å². The summed E-state index contributed by atoms with van der Waals surface area (Å²) in [5.41, 5.74) is 0. The van der Waals surface area contributed by atoms with Crippen LogP contribution in [0.1, 0.15) is 77.0 Å². The molecule has 2 fully saturated rings. The highest BCUT2D eigenvalue weighted by atomic mass is 15.1. The Morgan fingerprint density at radius 3 is 1.75 bits per heavy atom. The van der Waals surface area contributed by atoms with Crippen molar-refractivity contribution in [2.75, 3.05) is 13.1 Å². The van der Waals surface area contributed by atoms with E-state index < -0.39 is 0 Å². The van der Waals surface area contributed by atoms with Gasteiger partial charge in [0.25, 0.3) is 0 Å². The summed E-state index contributed by atoms with van der Waals surface area (Å²) in [4.78, 5) is 2.85. The third kappa shape index (κ3) is 3.87. The maximum atomic E-state index is 2.85. The van der Waals surface area contributed by atoms with E-state index >= 15 is 0 Å². The SMILES string of the molecule is C1=C/CCCN(C2CCC(C3CCCC3)CC2)CCC/1. The highest BCUT2D eigenvalue weighted by molar-refractivity contribution is 4.87. The third-order valence-corrected chi connectivity index (χ3v) is 6.12. The Kier molecular flexibility index (Phi) is 5.59. The number of hydrogen-bond acceptors (Lipinski definition) is 1. The lowest BCUT2D eigenvalue weighted by Gasteiger charge is -2.38. The molecule has 3 rings (SSSR count). The summed E-state index contributed by atoms with van der Waals surface area (Å²) in [5.74, 6) is 2.20. The van der Waals surface area contributed by atoms with Gasteiger partial charge in [-0.2, -0.15) is 0 Å². The summed E-state index contributed by atoms with van der Waals surface area (Å²) in [6.45, 7) is 2.70. The van der Waals surface area contributed by atoms with Crippen molar-refractivity contribution < 1.29 is 0 Å². The number of hydrogen-bond donors (Lipinski definition) is 0. The Morgan fingerprint density at radius 2 is 1.15 bits per heavy atom. The minimum atomic E-state index is 0.922. The minimum absolute atomic E-state index is 0.922. The Balaban J connectivity index is 1.46. The van der Waals surface area contributed by atoms with Gasteiger partial charge in [-0.25, -0.2) is 0 Å². The van der Waals surface area contributed by atoms with Gasteiger partial charge in [0, 0.05) is 6.04 Å². The fourth-order valence-electron chi connectivity index (χ4n) is 4.90. The monoisotopic (exact) mass is 275 g/mol. The third-order valence-electron chi connectivity index (χ3n) is 6.12. The maximum Gasteiger partial charge on any atom is 0.00954 e. The second kappa shape index (κ2) is 7.64. The molecule has 2 saturated carbocycles. The zero-order chi connectivity index (χ0) is 13.6. The molecule has 0 N–H and O–H groups in total. The molecule has 0 aromatic rings. The van der Waals surface area contributed by atoms with Crippen LogP contribution in [0, 0.1) is 11.8 Å². The second-order valence-electron chi connectivity index (χ2n) is 7.40. The summed E-state index contributed by atoms with van der Waals surface area (Å²) >= 11 is 0. The molecule has 0 spiro atoms. The van der Waals surface area contributed by atoms with Gasteiger partial charge >= 0.3 is 0 Å². The van der Waals surface area contributed by atoms with Gasteiger partial charge in [0.05, 0.1) is 0 Å². The van der Waals surface area contributed by atoms with Gasteiger partial charge in [-0.3, -0.25) is 0 Å². The summed E-state index contributed by atoms with van der Waals surface area (Å²) < 4.78 is 0. The van der Waals surface area contributed by atoms with Gasteiger partial charge in [0.15, 0.2) is 0 Å². The summed E-state index contributed by atoms with van der Waals surface area (Å²) in [6, 6.07) is 0.922. The molecule has 0 saturated heterocycles. The van der Waals surface area contributed by atoms with Gasteiger partial charge in [-0.05, 0) is 76.3 Å². The van der Waals surface area contributed by atoms with Crippen molar-refractivity contribution in [3.05, 3.63) is 12.2 Å². The highest BCUT2D eigenvalue weighted by Gasteiger charge is 2.31. The van der Waals surface area contributed by atoms with Gasteiger partial charge in [0.1, 0.15) is 0 Å². The van der Waals surface area contributed by atoms with Crippen LogP contribution in [0.25, 0.3) is 0 Å². The zero-order valence-corrected chi connectivity index (χ0v) is 13.2. The van der Waals surface area contributed by atoms with Crippen molar-refractivity contribution in [1.29, 1.82) is 0 Å². The molecule has 0 aromatic heterocycles. The molecule has 1 heteroatoms. The van der Waals surface area contributed by atoms with Gasteiger partial charge < -0.3 is 4.90 Å². The van der Waals surface area contributed by atoms with E-state index in [0.29, 0.717) is 0 Å². The number of allylic oxidation sites excluding steroid dienone is 2. The second-order valence-corrected chi connectivity index (χ2v) is 7.40. The van der Waals surface area contributed by atoms with Crippen LogP contribution in [-0.4, -0.2) is 24.0 Å².